The molecule has 0 unspecified atom stereocenters. The Hall–Kier alpha value is 0.0249. The van der Waals surface area contributed by atoms with Gasteiger partial charge in [0.1, 0.15) is 0 Å². The van der Waals surface area contributed by atoms with Crippen LogP contribution in [0.1, 0.15) is 13.3 Å². The zero-order valence-electron chi connectivity index (χ0n) is 3.57. The van der Waals surface area contributed by atoms with Crippen LogP contribution in [-0.4, -0.2) is 12.5 Å². The normalized spacial score (nSPS) is 7.60. The molecule has 30 valence electrons. The average molecular weight is 71.9 g/mol. The highest BCUT2D eigenvalue weighted by Crippen LogP contribution is 1.78. The fourth-order valence-corrected chi connectivity index (χ4v) is 0.158. The summed E-state index contributed by atoms with van der Waals surface area (Å²) in [5.74, 6) is 0. The first kappa shape index (κ1) is 5.02. The van der Waals surface area contributed by atoms with E-state index in [1.54, 1.807) is 0 Å². The summed E-state index contributed by atoms with van der Waals surface area (Å²) >= 11 is 0. The molecule has 0 atom stereocenters. The Morgan fingerprint density at radius 2 is 2.40 bits per heavy atom. The molecule has 1 N–H and O–H groups in total. The molecule has 0 aliphatic carbocycles. The maximum absolute atomic E-state index is 8.07. The van der Waals surface area contributed by atoms with Gasteiger partial charge in [0.05, 0.1) is 0 Å². The molecule has 5 heavy (non-hydrogen) atoms. The minimum atomic E-state index is 0.344. The van der Waals surface area contributed by atoms with Crippen molar-refractivity contribution in [2.45, 2.75) is 19.7 Å². The molecule has 0 fully saturated rings. The van der Waals surface area contributed by atoms with Gasteiger partial charge in [0.15, 0.2) is 0 Å². The maximum atomic E-state index is 8.07. The van der Waals surface area contributed by atoms with Crippen LogP contribution in [0.5, 0.6) is 0 Å². The molecule has 0 rings (SSSR count). The van der Waals surface area contributed by atoms with E-state index in [0.717, 1.165) is 12.7 Å². The van der Waals surface area contributed by atoms with Gasteiger partial charge < -0.3 is 5.02 Å². The number of hydrogen-bond acceptors (Lipinski definition) is 1. The Balaban J connectivity index is 2.19. The lowest BCUT2D eigenvalue weighted by Crippen LogP contribution is -1.80. The fraction of sp³-hybridized carbons (Fsp3) is 1.00. The lowest BCUT2D eigenvalue weighted by molar-refractivity contribution is 0.598. The molecule has 0 saturated heterocycles. The largest absolute Gasteiger partial charge is 0.454 e. The smallest absolute Gasteiger partial charge is 0.270 e. The molecule has 0 amide bonds. The molecule has 0 aromatic rings. The topological polar surface area (TPSA) is 20.2 Å². The van der Waals surface area contributed by atoms with Gasteiger partial charge in [0.25, 0.3) is 7.48 Å². The molecule has 0 aromatic heterocycles. The third-order valence-electron chi connectivity index (χ3n) is 0.512. The molecule has 0 aliphatic rings. The molecule has 0 spiro atoms. The molecule has 0 aromatic carbocycles. The van der Waals surface area contributed by atoms with Crippen molar-refractivity contribution in [3.63, 3.8) is 0 Å². The van der Waals surface area contributed by atoms with E-state index in [0.29, 0.717) is 7.48 Å². The van der Waals surface area contributed by atoms with Crippen molar-refractivity contribution in [2.75, 3.05) is 0 Å². The second-order valence-corrected chi connectivity index (χ2v) is 1.08. The zero-order chi connectivity index (χ0) is 4.12. The predicted octanol–water partition coefficient (Wildman–Crippen LogP) is 0.158. The summed E-state index contributed by atoms with van der Waals surface area (Å²) in [7, 11) is 0.344. The molecule has 0 aliphatic heterocycles. The van der Waals surface area contributed by atoms with Gasteiger partial charge in [-0.05, 0) is 0 Å². The summed E-state index contributed by atoms with van der Waals surface area (Å²) in [6, 6.07) is 0. The van der Waals surface area contributed by atoms with Crippen LogP contribution in [0.25, 0.3) is 0 Å². The Labute approximate surface area is 33.3 Å². The molecular weight excluding hydrogens is 62.8 g/mol. The van der Waals surface area contributed by atoms with Crippen molar-refractivity contribution in [3.8, 4) is 0 Å². The van der Waals surface area contributed by atoms with Crippen LogP contribution in [-0.2, 0) is 0 Å². The van der Waals surface area contributed by atoms with E-state index in [1.165, 1.54) is 0 Å². The van der Waals surface area contributed by atoms with E-state index >= 15 is 0 Å². The predicted molar refractivity (Wildman–Crippen MR) is 24.5 cm³/mol. The minimum Gasteiger partial charge on any atom is -0.454 e. The third-order valence-corrected chi connectivity index (χ3v) is 0.512. The molecule has 1 nitrogen and oxygen atoms in total. The summed E-state index contributed by atoms with van der Waals surface area (Å²) in [6.45, 7) is 2.05. The van der Waals surface area contributed by atoms with Gasteiger partial charge in [0.2, 0.25) is 0 Å². The van der Waals surface area contributed by atoms with Crippen molar-refractivity contribution in [1.29, 1.82) is 0 Å². The summed E-state index contributed by atoms with van der Waals surface area (Å²) in [5, 5.41) is 8.07. The van der Waals surface area contributed by atoms with E-state index in [4.69, 9.17) is 5.02 Å². The van der Waals surface area contributed by atoms with Gasteiger partial charge in [0, 0.05) is 0 Å². The van der Waals surface area contributed by atoms with Gasteiger partial charge in [-0.2, -0.15) is 0 Å². The lowest BCUT2D eigenvalue weighted by Gasteiger charge is -1.75. The summed E-state index contributed by atoms with van der Waals surface area (Å²) in [4.78, 5) is 0. The highest BCUT2D eigenvalue weighted by molar-refractivity contribution is 6.25. The highest BCUT2D eigenvalue weighted by atomic mass is 16.2. The van der Waals surface area contributed by atoms with Crippen molar-refractivity contribution < 1.29 is 5.02 Å². The Kier molecular flexibility index (Phi) is 4.05. The van der Waals surface area contributed by atoms with Crippen LogP contribution in [0, 0.1) is 0 Å². The maximum Gasteiger partial charge on any atom is 0.270 e. The minimum absolute atomic E-state index is 0.344. The van der Waals surface area contributed by atoms with E-state index in [-0.39, 0.29) is 0 Å². The van der Waals surface area contributed by atoms with E-state index < -0.39 is 0 Å². The monoisotopic (exact) mass is 72.1 g/mol. The molecule has 0 heterocycles. The first-order chi connectivity index (χ1) is 2.41. The average Bonchev–Trinajstić information content (AvgIpc) is 1.41. The number of rotatable bonds is 2. The number of hydrogen-bond donors (Lipinski definition) is 1. The van der Waals surface area contributed by atoms with Gasteiger partial charge >= 0.3 is 0 Å². The van der Waals surface area contributed by atoms with Crippen LogP contribution in [0.2, 0.25) is 6.32 Å². The van der Waals surface area contributed by atoms with Crippen LogP contribution in [0.15, 0.2) is 0 Å². The summed E-state index contributed by atoms with van der Waals surface area (Å²) in [5.41, 5.74) is 0. The molecule has 2 heteroatoms. The van der Waals surface area contributed by atoms with E-state index in [1.807, 2.05) is 0 Å². The highest BCUT2D eigenvalue weighted by Gasteiger charge is 1.74. The van der Waals surface area contributed by atoms with Crippen LogP contribution in [0.3, 0.4) is 0 Å². The van der Waals surface area contributed by atoms with E-state index in [9.17, 15) is 0 Å². The van der Waals surface area contributed by atoms with Gasteiger partial charge in [-0.3, -0.25) is 0 Å². The first-order valence-electron chi connectivity index (χ1n) is 2.02. The van der Waals surface area contributed by atoms with Gasteiger partial charge in [-0.1, -0.05) is 19.7 Å². The second-order valence-electron chi connectivity index (χ2n) is 1.08. The summed E-state index contributed by atoms with van der Waals surface area (Å²) in [6.07, 6.45) is 2.04. The zero-order valence-corrected chi connectivity index (χ0v) is 3.57. The Morgan fingerprint density at radius 3 is 2.40 bits per heavy atom. The van der Waals surface area contributed by atoms with Crippen LogP contribution in [0.4, 0.5) is 0 Å². The van der Waals surface area contributed by atoms with Crippen molar-refractivity contribution in [1.82, 2.24) is 0 Å². The molecule has 0 radical (unpaired) electrons. The SMILES string of the molecule is CCCBO. The van der Waals surface area contributed by atoms with Crippen LogP contribution >= 0.6 is 0 Å². The van der Waals surface area contributed by atoms with E-state index in [2.05, 4.69) is 6.92 Å². The standard InChI is InChI=1S/C3H9BO/c1-2-3-4-5/h4-5H,2-3H2,1H3. The van der Waals surface area contributed by atoms with Gasteiger partial charge in [-0.25, -0.2) is 0 Å². The third kappa shape index (κ3) is 4.02. The van der Waals surface area contributed by atoms with Gasteiger partial charge in [-0.15, -0.1) is 0 Å². The van der Waals surface area contributed by atoms with Crippen molar-refractivity contribution in [2.24, 2.45) is 0 Å². The Morgan fingerprint density at radius 1 is 1.80 bits per heavy atom. The molecular formula is C3H9BO. The first-order valence-corrected chi connectivity index (χ1v) is 2.02. The molecule has 0 saturated carbocycles. The quantitative estimate of drug-likeness (QED) is 0.460. The summed E-state index contributed by atoms with van der Waals surface area (Å²) < 4.78 is 0. The van der Waals surface area contributed by atoms with Crippen molar-refractivity contribution >= 4 is 7.48 Å². The fourth-order valence-electron chi connectivity index (χ4n) is 0.158. The Bertz CT molecular complexity index is 14.4. The van der Waals surface area contributed by atoms with Crippen molar-refractivity contribution in [3.05, 3.63) is 0 Å². The van der Waals surface area contributed by atoms with Crippen LogP contribution < -0.4 is 0 Å². The second kappa shape index (κ2) is 4.02. The molecule has 0 bridgehead atoms. The lowest BCUT2D eigenvalue weighted by atomic mass is 9.95.